The van der Waals surface area contributed by atoms with Crippen molar-refractivity contribution in [2.75, 3.05) is 6.61 Å². The minimum absolute atomic E-state index is 0.453. The average Bonchev–Trinajstić information content (AvgIpc) is 2.49. The van der Waals surface area contributed by atoms with Gasteiger partial charge < -0.3 is 5.11 Å². The molecule has 0 saturated heterocycles. The molecule has 8 fully saturated rings. The molecular formula is C23H36O. The maximum atomic E-state index is 10.0. The normalized spacial score (nSPS) is 58.4. The van der Waals surface area contributed by atoms with Crippen molar-refractivity contribution in [1.29, 1.82) is 0 Å². The predicted molar refractivity (Wildman–Crippen MR) is 96.4 cm³/mol. The third kappa shape index (κ3) is 2.03. The fraction of sp³-hybridized carbons (Fsp3) is 1.00. The lowest BCUT2D eigenvalue weighted by molar-refractivity contribution is -0.176. The molecule has 1 N–H and O–H groups in total. The van der Waals surface area contributed by atoms with Gasteiger partial charge in [-0.2, -0.15) is 0 Å². The molecule has 0 amide bonds. The highest BCUT2D eigenvalue weighted by Crippen LogP contribution is 2.71. The van der Waals surface area contributed by atoms with Gasteiger partial charge in [0.25, 0.3) is 0 Å². The van der Waals surface area contributed by atoms with E-state index in [1.807, 2.05) is 0 Å². The average molecular weight is 329 g/mol. The van der Waals surface area contributed by atoms with E-state index in [1.165, 1.54) is 0 Å². The zero-order valence-corrected chi connectivity index (χ0v) is 15.4. The van der Waals surface area contributed by atoms with Crippen LogP contribution in [0.5, 0.6) is 0 Å². The largest absolute Gasteiger partial charge is 0.396 e. The highest BCUT2D eigenvalue weighted by atomic mass is 16.3. The summed E-state index contributed by atoms with van der Waals surface area (Å²) < 4.78 is 0. The summed E-state index contributed by atoms with van der Waals surface area (Å²) in [6.07, 6.45) is 19.8. The van der Waals surface area contributed by atoms with Gasteiger partial charge in [0.1, 0.15) is 0 Å². The molecule has 1 heteroatoms. The first-order valence-electron chi connectivity index (χ1n) is 11.3. The van der Waals surface area contributed by atoms with Gasteiger partial charge in [0, 0.05) is 6.61 Å². The predicted octanol–water partition coefficient (Wildman–Crippen LogP) is 5.42. The Kier molecular flexibility index (Phi) is 3.15. The van der Waals surface area contributed by atoms with Crippen LogP contribution in [0, 0.1) is 52.3 Å². The molecule has 0 heterocycles. The second-order valence-electron chi connectivity index (χ2n) is 11.6. The molecule has 0 unspecified atom stereocenters. The van der Waals surface area contributed by atoms with Crippen LogP contribution in [0.1, 0.15) is 83.5 Å². The van der Waals surface area contributed by atoms with Crippen LogP contribution in [0.3, 0.4) is 0 Å². The molecule has 0 aromatic heterocycles. The Balaban J connectivity index is 1.38. The van der Waals surface area contributed by atoms with E-state index in [9.17, 15) is 5.11 Å². The third-order valence-electron chi connectivity index (χ3n) is 10.1. The second-order valence-corrected chi connectivity index (χ2v) is 11.6. The van der Waals surface area contributed by atoms with Crippen LogP contribution in [0.4, 0.5) is 0 Å². The van der Waals surface area contributed by atoms with Crippen molar-refractivity contribution in [1.82, 2.24) is 0 Å². The van der Waals surface area contributed by atoms with Crippen molar-refractivity contribution in [3.8, 4) is 0 Å². The highest BCUT2D eigenvalue weighted by molar-refractivity contribution is 5.12. The molecule has 134 valence electrons. The van der Waals surface area contributed by atoms with Gasteiger partial charge in [0.05, 0.1) is 0 Å². The van der Waals surface area contributed by atoms with E-state index in [-0.39, 0.29) is 0 Å². The molecule has 0 aliphatic heterocycles. The zero-order valence-electron chi connectivity index (χ0n) is 15.4. The minimum Gasteiger partial charge on any atom is -0.396 e. The lowest BCUT2D eigenvalue weighted by Crippen LogP contribution is -2.58. The first kappa shape index (κ1) is 15.1. The summed E-state index contributed by atoms with van der Waals surface area (Å²) in [6, 6.07) is 0. The summed E-state index contributed by atoms with van der Waals surface area (Å²) in [7, 11) is 0. The first-order chi connectivity index (χ1) is 11.7. The van der Waals surface area contributed by atoms with Crippen molar-refractivity contribution in [2.24, 2.45) is 52.3 Å². The highest BCUT2D eigenvalue weighted by Gasteiger charge is 2.62. The molecule has 24 heavy (non-hydrogen) atoms. The maximum absolute atomic E-state index is 10.0. The fourth-order valence-electron chi connectivity index (χ4n) is 10.6. The van der Waals surface area contributed by atoms with Gasteiger partial charge >= 0.3 is 0 Å². The van der Waals surface area contributed by atoms with E-state index >= 15 is 0 Å². The maximum Gasteiger partial charge on any atom is 0.0434 e. The summed E-state index contributed by atoms with van der Waals surface area (Å²) >= 11 is 0. The molecule has 8 aliphatic rings. The van der Waals surface area contributed by atoms with Crippen LogP contribution in [-0.2, 0) is 0 Å². The number of hydrogen-bond donors (Lipinski definition) is 1. The second kappa shape index (κ2) is 5.02. The van der Waals surface area contributed by atoms with Gasteiger partial charge in [-0.3, -0.25) is 0 Å². The fourth-order valence-corrected chi connectivity index (χ4v) is 10.6. The zero-order chi connectivity index (χ0) is 15.9. The number of rotatable bonds is 4. The third-order valence-corrected chi connectivity index (χ3v) is 10.1. The Morgan fingerprint density at radius 1 is 0.583 bits per heavy atom. The Morgan fingerprint density at radius 3 is 1.12 bits per heavy atom. The van der Waals surface area contributed by atoms with Crippen LogP contribution < -0.4 is 0 Å². The Morgan fingerprint density at radius 2 is 0.875 bits per heavy atom. The molecule has 0 aromatic carbocycles. The van der Waals surface area contributed by atoms with Crippen LogP contribution in [-0.4, -0.2) is 11.7 Å². The van der Waals surface area contributed by atoms with E-state index in [0.29, 0.717) is 17.4 Å². The van der Waals surface area contributed by atoms with Crippen molar-refractivity contribution in [3.05, 3.63) is 0 Å². The Bertz CT molecular complexity index is 406. The van der Waals surface area contributed by atoms with Crippen LogP contribution in [0.25, 0.3) is 0 Å². The molecule has 0 atom stereocenters. The summed E-state index contributed by atoms with van der Waals surface area (Å²) in [5.41, 5.74) is 1.31. The van der Waals surface area contributed by atoms with E-state index in [4.69, 9.17) is 0 Å². The molecule has 0 aromatic rings. The number of aliphatic hydroxyl groups is 1. The molecule has 0 spiro atoms. The SMILES string of the molecule is OCCC(C12CC3CC(CC(C3)C1)C2)C12CC3CC(CC(C3)C1)C2. The van der Waals surface area contributed by atoms with Gasteiger partial charge in [-0.05, 0) is 136 Å². The first-order valence-corrected chi connectivity index (χ1v) is 11.3. The summed E-state index contributed by atoms with van der Waals surface area (Å²) in [4.78, 5) is 0. The molecule has 0 radical (unpaired) electrons. The molecule has 8 bridgehead atoms. The van der Waals surface area contributed by atoms with Crippen molar-refractivity contribution in [2.45, 2.75) is 83.5 Å². The van der Waals surface area contributed by atoms with Crippen molar-refractivity contribution in [3.63, 3.8) is 0 Å². The van der Waals surface area contributed by atoms with E-state index in [0.717, 1.165) is 47.8 Å². The van der Waals surface area contributed by atoms with Gasteiger partial charge in [0.2, 0.25) is 0 Å². The molecule has 1 nitrogen and oxygen atoms in total. The number of aliphatic hydroxyl groups excluding tert-OH is 1. The smallest absolute Gasteiger partial charge is 0.0434 e. The molecule has 8 saturated carbocycles. The number of hydrogen-bond acceptors (Lipinski definition) is 1. The minimum atomic E-state index is 0.453. The van der Waals surface area contributed by atoms with Gasteiger partial charge in [-0.15, -0.1) is 0 Å². The Labute approximate surface area is 148 Å². The van der Waals surface area contributed by atoms with E-state index in [1.54, 1.807) is 77.0 Å². The molecular weight excluding hydrogens is 292 g/mol. The standard InChI is InChI=1S/C23H36O/c24-2-1-21(22-9-15-3-16(10-22)5-17(4-15)11-22)23-12-18-6-19(13-23)8-20(7-18)14-23/h15-21,24H,1-14H2. The topological polar surface area (TPSA) is 20.2 Å². The van der Waals surface area contributed by atoms with Gasteiger partial charge in [-0.1, -0.05) is 0 Å². The lowest BCUT2D eigenvalue weighted by atomic mass is 9.38. The van der Waals surface area contributed by atoms with Crippen LogP contribution in [0.15, 0.2) is 0 Å². The van der Waals surface area contributed by atoms with Crippen molar-refractivity contribution < 1.29 is 5.11 Å². The van der Waals surface area contributed by atoms with E-state index < -0.39 is 0 Å². The summed E-state index contributed by atoms with van der Waals surface area (Å²) in [5.74, 6) is 7.24. The van der Waals surface area contributed by atoms with Gasteiger partial charge in [0.15, 0.2) is 0 Å². The van der Waals surface area contributed by atoms with Crippen LogP contribution in [0.2, 0.25) is 0 Å². The molecule has 8 rings (SSSR count). The molecule has 8 aliphatic carbocycles. The quantitative estimate of drug-likeness (QED) is 0.731. The van der Waals surface area contributed by atoms with Crippen LogP contribution >= 0.6 is 0 Å². The van der Waals surface area contributed by atoms with Crippen molar-refractivity contribution >= 4 is 0 Å². The summed E-state index contributed by atoms with van der Waals surface area (Å²) in [6.45, 7) is 0.453. The monoisotopic (exact) mass is 328 g/mol. The van der Waals surface area contributed by atoms with Gasteiger partial charge in [-0.25, -0.2) is 0 Å². The summed E-state index contributed by atoms with van der Waals surface area (Å²) in [5, 5.41) is 10.0. The Hall–Kier alpha value is -0.0400. The van der Waals surface area contributed by atoms with E-state index in [2.05, 4.69) is 0 Å². The lowest BCUT2D eigenvalue weighted by Gasteiger charge is -2.67.